The van der Waals surface area contributed by atoms with Crippen molar-refractivity contribution in [2.45, 2.75) is 43.8 Å². The summed E-state index contributed by atoms with van der Waals surface area (Å²) in [6.07, 6.45) is 15.8. The van der Waals surface area contributed by atoms with Crippen molar-refractivity contribution >= 4 is 26.7 Å². The van der Waals surface area contributed by atoms with E-state index in [-0.39, 0.29) is 5.03 Å². The first-order chi connectivity index (χ1) is 19.8. The number of likely N-dealkylation sites (tertiary alicyclic amines) is 1. The number of hydrogen-bond donors (Lipinski definition) is 0. The van der Waals surface area contributed by atoms with Crippen LogP contribution in [0.5, 0.6) is 0 Å². The summed E-state index contributed by atoms with van der Waals surface area (Å²) < 4.78 is 34.2. The Balaban J connectivity index is 1.23. The van der Waals surface area contributed by atoms with Crippen molar-refractivity contribution in [1.29, 1.82) is 0 Å². The predicted octanol–water partition coefficient (Wildman–Crippen LogP) is 3.63. The van der Waals surface area contributed by atoms with Gasteiger partial charge in [0, 0.05) is 73.2 Å². The summed E-state index contributed by atoms with van der Waals surface area (Å²) in [5.74, 6) is 0. The molecule has 0 aliphatic carbocycles. The van der Waals surface area contributed by atoms with E-state index in [0.29, 0.717) is 28.8 Å². The summed E-state index contributed by atoms with van der Waals surface area (Å²) in [7, 11) is -2.27. The van der Waals surface area contributed by atoms with Gasteiger partial charge in [0.15, 0.2) is 5.03 Å². The molecule has 210 valence electrons. The third-order valence-electron chi connectivity index (χ3n) is 7.93. The van der Waals surface area contributed by atoms with Crippen molar-refractivity contribution in [1.82, 2.24) is 48.0 Å². The third kappa shape index (κ3) is 4.41. The number of rotatable bonds is 6. The van der Waals surface area contributed by atoms with E-state index in [1.54, 1.807) is 39.8 Å². The van der Waals surface area contributed by atoms with E-state index in [0.717, 1.165) is 52.3 Å². The smallest absolute Gasteiger partial charge is 0.301 e. The van der Waals surface area contributed by atoms with Crippen LogP contribution in [0.25, 0.3) is 38.9 Å². The molecule has 41 heavy (non-hydrogen) atoms. The lowest BCUT2D eigenvalue weighted by molar-refractivity contribution is 0.147. The third-order valence-corrected chi connectivity index (χ3v) is 9.51. The summed E-state index contributed by atoms with van der Waals surface area (Å²) in [6, 6.07) is 6.37. The van der Waals surface area contributed by atoms with E-state index in [2.05, 4.69) is 44.0 Å². The van der Waals surface area contributed by atoms with Crippen LogP contribution in [0.4, 0.5) is 0 Å². The highest BCUT2D eigenvalue weighted by Gasteiger charge is 2.26. The predicted molar refractivity (Wildman–Crippen MR) is 154 cm³/mol. The molecule has 0 radical (unpaired) electrons. The second-order valence-electron chi connectivity index (χ2n) is 10.8. The monoisotopic (exact) mass is 570 g/mol. The van der Waals surface area contributed by atoms with Crippen LogP contribution in [0.15, 0.2) is 72.8 Å². The maximum Gasteiger partial charge on any atom is 0.301 e. The van der Waals surface area contributed by atoms with Crippen LogP contribution in [0, 0.1) is 0 Å². The minimum atomic E-state index is -4.10. The Kier molecular flexibility index (Phi) is 6.01. The first-order valence-corrected chi connectivity index (χ1v) is 15.1. The van der Waals surface area contributed by atoms with Gasteiger partial charge in [0.05, 0.1) is 30.8 Å². The fourth-order valence-electron chi connectivity index (χ4n) is 5.57. The lowest BCUT2D eigenvalue weighted by atomic mass is 10.0. The molecule has 0 spiro atoms. The molecule has 0 atom stereocenters. The Morgan fingerprint density at radius 1 is 0.829 bits per heavy atom. The zero-order chi connectivity index (χ0) is 28.3. The molecular weight excluding hydrogens is 540 g/mol. The molecule has 0 amide bonds. The van der Waals surface area contributed by atoms with Gasteiger partial charge in [0.25, 0.3) is 0 Å². The zero-order valence-electron chi connectivity index (χ0n) is 23.0. The Labute approximate surface area is 236 Å². The lowest BCUT2D eigenvalue weighted by Crippen LogP contribution is -2.39. The number of aryl methyl sites for hydroxylation is 1. The van der Waals surface area contributed by atoms with Gasteiger partial charge < -0.3 is 4.90 Å². The van der Waals surface area contributed by atoms with Gasteiger partial charge in [-0.2, -0.15) is 27.8 Å². The van der Waals surface area contributed by atoms with Gasteiger partial charge in [-0.15, -0.1) is 0 Å². The number of aromatic nitrogens is 9. The van der Waals surface area contributed by atoms with Gasteiger partial charge in [-0.3, -0.25) is 18.7 Å². The Bertz CT molecular complexity index is 1990. The molecule has 0 bridgehead atoms. The van der Waals surface area contributed by atoms with Crippen LogP contribution in [0.2, 0.25) is 0 Å². The van der Waals surface area contributed by atoms with Gasteiger partial charge in [0.2, 0.25) is 0 Å². The minimum absolute atomic E-state index is 0.00852. The molecule has 7 heterocycles. The number of imidazole rings is 1. The van der Waals surface area contributed by atoms with Crippen LogP contribution in [0.3, 0.4) is 0 Å². The molecule has 0 saturated carbocycles. The average molecular weight is 571 g/mol. The molecular formula is C28H30N10O2S. The van der Waals surface area contributed by atoms with Gasteiger partial charge >= 0.3 is 10.0 Å². The molecule has 0 unspecified atom stereocenters. The van der Waals surface area contributed by atoms with Crippen molar-refractivity contribution in [3.05, 3.63) is 67.8 Å². The summed E-state index contributed by atoms with van der Waals surface area (Å²) >= 11 is 0. The molecule has 12 nitrogen and oxygen atoms in total. The zero-order valence-corrected chi connectivity index (χ0v) is 23.8. The van der Waals surface area contributed by atoms with Crippen molar-refractivity contribution in [2.24, 2.45) is 7.05 Å². The number of piperidine rings is 1. The number of fused-ring (bicyclic) bond motifs is 2. The maximum atomic E-state index is 13.9. The van der Waals surface area contributed by atoms with Gasteiger partial charge in [-0.1, -0.05) is 0 Å². The van der Waals surface area contributed by atoms with Crippen LogP contribution >= 0.6 is 0 Å². The Hall–Kier alpha value is -4.36. The molecule has 1 fully saturated rings. The van der Waals surface area contributed by atoms with E-state index >= 15 is 0 Å². The molecule has 1 saturated heterocycles. The number of pyridine rings is 2. The highest BCUT2D eigenvalue weighted by Crippen LogP contribution is 2.29. The second-order valence-corrected chi connectivity index (χ2v) is 12.6. The summed E-state index contributed by atoms with van der Waals surface area (Å²) in [5, 5.41) is 13.1. The van der Waals surface area contributed by atoms with Crippen molar-refractivity contribution in [3.8, 4) is 22.3 Å². The van der Waals surface area contributed by atoms with Crippen LogP contribution in [-0.2, 0) is 17.1 Å². The van der Waals surface area contributed by atoms with E-state index in [9.17, 15) is 8.42 Å². The van der Waals surface area contributed by atoms with E-state index < -0.39 is 10.0 Å². The van der Waals surface area contributed by atoms with Gasteiger partial charge in [-0.05, 0) is 44.9 Å². The van der Waals surface area contributed by atoms with Gasteiger partial charge in [0.1, 0.15) is 16.7 Å². The average Bonchev–Trinajstić information content (AvgIpc) is 3.78. The lowest BCUT2D eigenvalue weighted by Gasteiger charge is -2.34. The maximum absolute atomic E-state index is 13.9. The highest BCUT2D eigenvalue weighted by molar-refractivity contribution is 7.90. The first kappa shape index (κ1) is 25.6. The molecule has 1 aliphatic rings. The molecule has 7 rings (SSSR count). The fourth-order valence-corrected chi connectivity index (χ4v) is 6.90. The highest BCUT2D eigenvalue weighted by atomic mass is 32.2. The molecule has 1 aliphatic heterocycles. The SMILES string of the molecule is CC(C)N1CCC(n2cc(-c3cnc4cnn(S(=O)(=O)c5cnc6ccc(-c7cnn(C)c7)cn56)c4c3)cn2)CC1. The summed E-state index contributed by atoms with van der Waals surface area (Å²) in [6.45, 7) is 6.56. The fraction of sp³-hybridized carbons (Fsp3) is 0.321. The molecule has 13 heteroatoms. The van der Waals surface area contributed by atoms with Crippen molar-refractivity contribution < 1.29 is 8.42 Å². The number of nitrogens with zero attached hydrogens (tertiary/aromatic N) is 10. The van der Waals surface area contributed by atoms with Crippen LogP contribution < -0.4 is 0 Å². The Morgan fingerprint density at radius 3 is 2.37 bits per heavy atom. The molecule has 0 N–H and O–H groups in total. The first-order valence-electron chi connectivity index (χ1n) is 13.6. The van der Waals surface area contributed by atoms with Gasteiger partial charge in [-0.25, -0.2) is 4.98 Å². The normalized spacial score (nSPS) is 15.5. The summed E-state index contributed by atoms with van der Waals surface area (Å²) in [4.78, 5) is 11.3. The Morgan fingerprint density at radius 2 is 1.61 bits per heavy atom. The molecule has 0 aromatic carbocycles. The van der Waals surface area contributed by atoms with E-state index in [1.807, 2.05) is 36.4 Å². The topological polar surface area (TPSA) is 121 Å². The van der Waals surface area contributed by atoms with E-state index in [4.69, 9.17) is 0 Å². The minimum Gasteiger partial charge on any atom is -0.301 e. The second kappa shape index (κ2) is 9.63. The molecule has 6 aromatic heterocycles. The quantitative estimate of drug-likeness (QED) is 0.298. The van der Waals surface area contributed by atoms with Crippen LogP contribution in [-0.4, -0.2) is 75.6 Å². The summed E-state index contributed by atoms with van der Waals surface area (Å²) in [5.41, 5.74) is 4.73. The van der Waals surface area contributed by atoms with Crippen LogP contribution in [0.1, 0.15) is 32.7 Å². The standard InChI is InChI=1S/C28H30N10O2S/c1-19(2)35-8-6-24(7-9-35)37-18-23(13-32-37)21-10-26-25(29-11-21)14-33-38(26)41(39,40)28-15-30-27-5-4-20(17-36(27)28)22-12-31-34(3)16-22/h4-5,10-19,24H,6-9H2,1-3H3. The van der Waals surface area contributed by atoms with E-state index in [1.165, 1.54) is 12.4 Å². The van der Waals surface area contributed by atoms with Crippen molar-refractivity contribution in [2.75, 3.05) is 13.1 Å². The largest absolute Gasteiger partial charge is 0.301 e. The van der Waals surface area contributed by atoms with Crippen molar-refractivity contribution in [3.63, 3.8) is 0 Å². The molecule has 6 aromatic rings. The number of hydrogen-bond acceptors (Lipinski definition) is 8.